The van der Waals surface area contributed by atoms with Crippen LogP contribution in [0.4, 0.5) is 0 Å². The van der Waals surface area contributed by atoms with Gasteiger partial charge in [-0.05, 0) is 12.1 Å². The molecule has 7 heteroatoms. The fourth-order valence-corrected chi connectivity index (χ4v) is 1.60. The quantitative estimate of drug-likeness (QED) is 0.787. The van der Waals surface area contributed by atoms with Gasteiger partial charge in [0.15, 0.2) is 11.5 Å². The van der Waals surface area contributed by atoms with E-state index in [0.717, 1.165) is 4.31 Å². The van der Waals surface area contributed by atoms with Crippen LogP contribution in [0.3, 0.4) is 0 Å². The van der Waals surface area contributed by atoms with Crippen molar-refractivity contribution in [2.24, 2.45) is 0 Å². The van der Waals surface area contributed by atoms with E-state index in [4.69, 9.17) is 13.7 Å². The molecule has 0 N–H and O–H groups in total. The molecule has 96 valence electrons. The molecule has 0 atom stereocenters. The fraction of sp³-hybridized carbons (Fsp3) is 0.400. The minimum atomic E-state index is -3.84. The Balaban J connectivity index is 3.21. The largest absolute Gasteiger partial charge is 0.493 e. The maximum atomic E-state index is 11.6. The van der Waals surface area contributed by atoms with Gasteiger partial charge in [-0.15, -0.1) is 0 Å². The average Bonchev–Trinajstić information content (AvgIpc) is 2.28. The van der Waals surface area contributed by atoms with Crippen LogP contribution in [-0.2, 0) is 10.3 Å². The van der Waals surface area contributed by atoms with Gasteiger partial charge in [-0.25, -0.2) is 0 Å². The number of ether oxygens (including phenoxy) is 2. The van der Waals surface area contributed by atoms with Crippen molar-refractivity contribution < 1.29 is 22.1 Å². The van der Waals surface area contributed by atoms with E-state index in [1.165, 1.54) is 28.3 Å². The lowest BCUT2D eigenvalue weighted by Crippen LogP contribution is -2.27. The van der Waals surface area contributed by atoms with Gasteiger partial charge in [-0.3, -0.25) is 0 Å². The molecule has 0 saturated heterocycles. The van der Waals surface area contributed by atoms with E-state index < -0.39 is 10.3 Å². The highest BCUT2D eigenvalue weighted by molar-refractivity contribution is 7.84. The maximum Gasteiger partial charge on any atom is 0.384 e. The molecule has 0 spiro atoms. The predicted molar refractivity (Wildman–Crippen MR) is 62.8 cm³/mol. The summed E-state index contributed by atoms with van der Waals surface area (Å²) >= 11 is 0. The molecule has 17 heavy (non-hydrogen) atoms. The Morgan fingerprint density at radius 3 is 1.88 bits per heavy atom. The van der Waals surface area contributed by atoms with Crippen LogP contribution < -0.4 is 13.7 Å². The van der Waals surface area contributed by atoms with Crippen LogP contribution in [0.1, 0.15) is 0 Å². The lowest BCUT2D eigenvalue weighted by molar-refractivity contribution is 0.349. The summed E-state index contributed by atoms with van der Waals surface area (Å²) < 4.78 is 39.2. The topological polar surface area (TPSA) is 65.1 Å². The first-order valence-corrected chi connectivity index (χ1v) is 6.12. The van der Waals surface area contributed by atoms with E-state index in [0.29, 0.717) is 0 Å². The number of methoxy groups -OCH3 is 2. The van der Waals surface area contributed by atoms with Crippen LogP contribution in [0.2, 0.25) is 0 Å². The van der Waals surface area contributed by atoms with Gasteiger partial charge >= 0.3 is 10.3 Å². The summed E-state index contributed by atoms with van der Waals surface area (Å²) in [5.74, 6) is 0.607. The third-order valence-electron chi connectivity index (χ3n) is 2.02. The van der Waals surface area contributed by atoms with E-state index in [1.54, 1.807) is 18.2 Å². The fourth-order valence-electron chi connectivity index (χ4n) is 1.08. The van der Waals surface area contributed by atoms with Gasteiger partial charge < -0.3 is 13.7 Å². The smallest absolute Gasteiger partial charge is 0.384 e. The first-order chi connectivity index (χ1) is 7.92. The molecule has 0 radical (unpaired) electrons. The Morgan fingerprint density at radius 1 is 1.06 bits per heavy atom. The zero-order valence-corrected chi connectivity index (χ0v) is 10.9. The Kier molecular flexibility index (Phi) is 4.19. The minimum absolute atomic E-state index is 0.0335. The van der Waals surface area contributed by atoms with Crippen molar-refractivity contribution in [3.05, 3.63) is 18.2 Å². The molecule has 0 bridgehead atoms. The van der Waals surface area contributed by atoms with Crippen LogP contribution in [0.25, 0.3) is 0 Å². The van der Waals surface area contributed by atoms with Gasteiger partial charge in [-0.1, -0.05) is 6.07 Å². The third kappa shape index (κ3) is 3.01. The summed E-state index contributed by atoms with van der Waals surface area (Å²) in [4.78, 5) is 0. The van der Waals surface area contributed by atoms with Crippen LogP contribution in [0.15, 0.2) is 18.2 Å². The molecule has 0 aliphatic carbocycles. The second-order valence-corrected chi connectivity index (χ2v) is 5.07. The zero-order chi connectivity index (χ0) is 13.1. The van der Waals surface area contributed by atoms with Crippen molar-refractivity contribution in [2.45, 2.75) is 0 Å². The average molecular weight is 261 g/mol. The van der Waals surface area contributed by atoms with E-state index in [2.05, 4.69) is 0 Å². The second kappa shape index (κ2) is 5.24. The number of para-hydroxylation sites is 1. The summed E-state index contributed by atoms with van der Waals surface area (Å²) in [7, 11) is 1.74. The lowest BCUT2D eigenvalue weighted by Gasteiger charge is -2.16. The molecule has 0 fully saturated rings. The normalized spacial score (nSPS) is 11.4. The van der Waals surface area contributed by atoms with Crippen LogP contribution in [-0.4, -0.2) is 41.0 Å². The molecule has 6 nitrogen and oxygen atoms in total. The van der Waals surface area contributed by atoms with Crippen LogP contribution in [0, 0.1) is 0 Å². The van der Waals surface area contributed by atoms with E-state index >= 15 is 0 Å². The molecule has 0 amide bonds. The van der Waals surface area contributed by atoms with Gasteiger partial charge in [0.2, 0.25) is 5.75 Å². The van der Waals surface area contributed by atoms with E-state index in [9.17, 15) is 8.42 Å². The van der Waals surface area contributed by atoms with Crippen molar-refractivity contribution in [3.63, 3.8) is 0 Å². The monoisotopic (exact) mass is 261 g/mol. The molecule has 1 rings (SSSR count). The summed E-state index contributed by atoms with van der Waals surface area (Å²) in [6.07, 6.45) is 0. The lowest BCUT2D eigenvalue weighted by atomic mass is 10.3. The summed E-state index contributed by atoms with van der Waals surface area (Å²) in [6, 6.07) is 4.85. The highest BCUT2D eigenvalue weighted by atomic mass is 32.2. The Bertz CT molecular complexity index is 461. The van der Waals surface area contributed by atoms with Crippen LogP contribution in [0.5, 0.6) is 17.2 Å². The van der Waals surface area contributed by atoms with Crippen molar-refractivity contribution in [3.8, 4) is 17.2 Å². The van der Waals surface area contributed by atoms with Gasteiger partial charge in [0.05, 0.1) is 14.2 Å². The maximum absolute atomic E-state index is 11.6. The number of hydrogen-bond donors (Lipinski definition) is 0. The third-order valence-corrected chi connectivity index (χ3v) is 3.29. The van der Waals surface area contributed by atoms with Crippen molar-refractivity contribution in [2.75, 3.05) is 28.3 Å². The molecule has 1 aromatic carbocycles. The van der Waals surface area contributed by atoms with Crippen LogP contribution >= 0.6 is 0 Å². The molecule has 0 aromatic heterocycles. The number of rotatable bonds is 5. The molecule has 0 unspecified atom stereocenters. The molecular weight excluding hydrogens is 246 g/mol. The zero-order valence-electron chi connectivity index (χ0n) is 10.1. The van der Waals surface area contributed by atoms with Crippen molar-refractivity contribution in [1.82, 2.24) is 4.31 Å². The van der Waals surface area contributed by atoms with E-state index in [1.807, 2.05) is 0 Å². The number of nitrogens with zero attached hydrogens (tertiary/aromatic N) is 1. The molecule has 0 aliphatic rings. The highest BCUT2D eigenvalue weighted by Gasteiger charge is 2.21. The Hall–Kier alpha value is -1.47. The van der Waals surface area contributed by atoms with Gasteiger partial charge in [0.25, 0.3) is 0 Å². The first-order valence-electron chi connectivity index (χ1n) is 4.75. The SMILES string of the molecule is COc1cccc(OC)c1OS(=O)(=O)N(C)C. The standard InChI is InChI=1S/C10H15NO5S/c1-11(2)17(12,13)16-10-8(14-3)6-5-7-9(10)15-4/h5-7H,1-4H3. The van der Waals surface area contributed by atoms with Gasteiger partial charge in [-0.2, -0.15) is 12.7 Å². The second-order valence-electron chi connectivity index (χ2n) is 3.32. The first kappa shape index (κ1) is 13.6. The van der Waals surface area contributed by atoms with Crippen molar-refractivity contribution in [1.29, 1.82) is 0 Å². The number of hydrogen-bond acceptors (Lipinski definition) is 5. The van der Waals surface area contributed by atoms with Crippen molar-refractivity contribution >= 4 is 10.3 Å². The number of benzene rings is 1. The molecule has 0 heterocycles. The summed E-state index contributed by atoms with van der Waals surface area (Å²) in [5, 5.41) is 0. The predicted octanol–water partition coefficient (Wildman–Crippen LogP) is 0.889. The van der Waals surface area contributed by atoms with Gasteiger partial charge in [0, 0.05) is 14.1 Å². The van der Waals surface area contributed by atoms with Gasteiger partial charge in [0.1, 0.15) is 0 Å². The molecule has 1 aromatic rings. The Morgan fingerprint density at radius 2 is 1.53 bits per heavy atom. The molecular formula is C10H15NO5S. The van der Waals surface area contributed by atoms with E-state index in [-0.39, 0.29) is 17.2 Å². The minimum Gasteiger partial charge on any atom is -0.493 e. The Labute approximate surface area is 101 Å². The molecule has 0 aliphatic heterocycles. The highest BCUT2D eigenvalue weighted by Crippen LogP contribution is 2.37. The molecule has 0 saturated carbocycles. The summed E-state index contributed by atoms with van der Waals surface area (Å²) in [5.41, 5.74) is 0. The summed E-state index contributed by atoms with van der Waals surface area (Å²) in [6.45, 7) is 0.